The minimum Gasteiger partial charge on any atom is -0.369 e. The van der Waals surface area contributed by atoms with E-state index in [4.69, 9.17) is 11.5 Å². The number of hydrogen-bond donors (Lipinski definition) is 5. The molecule has 0 saturated carbocycles. The van der Waals surface area contributed by atoms with Crippen molar-refractivity contribution in [1.29, 1.82) is 0 Å². The van der Waals surface area contributed by atoms with E-state index in [2.05, 4.69) is 21.2 Å². The number of aliphatic imine (C=N–C) groups is 1. The number of nitrogens with one attached hydrogen (secondary N) is 3. The average molecular weight is 520 g/mol. The Morgan fingerprint density at radius 1 is 0.947 bits per heavy atom. The number of amides is 2. The van der Waals surface area contributed by atoms with Crippen LogP contribution in [0.2, 0.25) is 0 Å². The Morgan fingerprint density at radius 2 is 1.66 bits per heavy atom. The summed E-state index contributed by atoms with van der Waals surface area (Å²) < 4.78 is 0. The van der Waals surface area contributed by atoms with Crippen molar-refractivity contribution in [2.24, 2.45) is 16.5 Å². The number of fused-ring (bicyclic) bond motifs is 1. The summed E-state index contributed by atoms with van der Waals surface area (Å²) in [5.74, 6) is -1.12. The highest BCUT2D eigenvalue weighted by molar-refractivity contribution is 5.89. The first-order chi connectivity index (χ1) is 18.3. The van der Waals surface area contributed by atoms with Gasteiger partial charge < -0.3 is 16.8 Å². The fraction of sp³-hybridized carbons (Fsp3) is 0.296. The molecule has 7 N–H and O–H groups in total. The molecule has 2 amide bonds. The molecule has 3 aromatic rings. The predicted octanol–water partition coefficient (Wildman–Crippen LogP) is 1.43. The van der Waals surface area contributed by atoms with E-state index in [0.717, 1.165) is 21.9 Å². The molecule has 0 bridgehead atoms. The molecular formula is C27H33N7O4. The molecule has 2 atom stereocenters. The number of nitrogens with two attached hydrogens (primary N) is 2. The van der Waals surface area contributed by atoms with Crippen LogP contribution in [0.3, 0.4) is 0 Å². The van der Waals surface area contributed by atoms with Gasteiger partial charge in [0.25, 0.3) is 5.91 Å². The van der Waals surface area contributed by atoms with Crippen LogP contribution in [0.15, 0.2) is 77.8 Å². The molecule has 0 aliphatic rings. The standard InChI is InChI=1S/C27H33N7O4/c28-23(18-19-8-2-1-3-9-19)25(35)32-33-27(29)31-24(14-7-17-34(37)38)26(36)30-16-15-21-12-6-11-20-10-4-5-13-22(20)21/h1-6,8-13,23-24H,7,14-18,28H2,(H,30,36)(H,32,35)(H3,29,31,33)/t23-,24+/m1/s1. The zero-order chi connectivity index (χ0) is 27.3. The van der Waals surface area contributed by atoms with Crippen molar-refractivity contribution in [2.75, 3.05) is 13.1 Å². The van der Waals surface area contributed by atoms with Crippen LogP contribution in [0.5, 0.6) is 0 Å². The monoisotopic (exact) mass is 519 g/mol. The molecule has 0 fully saturated rings. The molecule has 0 aromatic heterocycles. The van der Waals surface area contributed by atoms with Crippen molar-refractivity contribution >= 4 is 28.5 Å². The number of rotatable bonds is 12. The smallest absolute Gasteiger partial charge is 0.255 e. The zero-order valence-corrected chi connectivity index (χ0v) is 21.0. The largest absolute Gasteiger partial charge is 0.369 e. The van der Waals surface area contributed by atoms with Crippen molar-refractivity contribution in [2.45, 2.75) is 37.8 Å². The predicted molar refractivity (Wildman–Crippen MR) is 147 cm³/mol. The number of benzene rings is 3. The summed E-state index contributed by atoms with van der Waals surface area (Å²) in [7, 11) is 0. The SMILES string of the molecule is NC(=N[C@@H](CCC[N+](=O)[O-])C(=O)NCCc1cccc2ccccc12)NNC(=O)[C@H](N)Cc1ccccc1. The second-order valence-corrected chi connectivity index (χ2v) is 8.82. The normalized spacial score (nSPS) is 12.9. The highest BCUT2D eigenvalue weighted by Crippen LogP contribution is 2.18. The number of nitro groups is 1. The summed E-state index contributed by atoms with van der Waals surface area (Å²) in [4.78, 5) is 39.7. The van der Waals surface area contributed by atoms with Gasteiger partial charge in [0.05, 0.1) is 6.04 Å². The first kappa shape index (κ1) is 28.1. The fourth-order valence-electron chi connectivity index (χ4n) is 4.00. The van der Waals surface area contributed by atoms with Gasteiger partial charge in [0.1, 0.15) is 6.04 Å². The summed E-state index contributed by atoms with van der Waals surface area (Å²) in [5.41, 5.74) is 18.7. The summed E-state index contributed by atoms with van der Waals surface area (Å²) in [6, 6.07) is 21.5. The van der Waals surface area contributed by atoms with Crippen LogP contribution in [0, 0.1) is 10.1 Å². The molecule has 11 nitrogen and oxygen atoms in total. The molecule has 3 aromatic carbocycles. The molecule has 3 rings (SSSR count). The fourth-order valence-corrected chi connectivity index (χ4v) is 4.00. The van der Waals surface area contributed by atoms with Crippen molar-refractivity contribution in [3.63, 3.8) is 0 Å². The van der Waals surface area contributed by atoms with Crippen LogP contribution in [-0.2, 0) is 22.4 Å². The lowest BCUT2D eigenvalue weighted by atomic mass is 10.0. The molecule has 0 aliphatic heterocycles. The lowest BCUT2D eigenvalue weighted by molar-refractivity contribution is -0.480. The van der Waals surface area contributed by atoms with E-state index in [1.165, 1.54) is 0 Å². The Morgan fingerprint density at radius 3 is 2.42 bits per heavy atom. The maximum absolute atomic E-state index is 12.9. The highest BCUT2D eigenvalue weighted by atomic mass is 16.6. The second-order valence-electron chi connectivity index (χ2n) is 8.82. The van der Waals surface area contributed by atoms with E-state index in [9.17, 15) is 19.7 Å². The van der Waals surface area contributed by atoms with Gasteiger partial charge in [-0.2, -0.15) is 0 Å². The number of guanidine groups is 1. The van der Waals surface area contributed by atoms with E-state index in [1.807, 2.05) is 72.8 Å². The quantitative estimate of drug-likeness (QED) is 0.104. The summed E-state index contributed by atoms with van der Waals surface area (Å²) in [6.07, 6.45) is 1.18. The van der Waals surface area contributed by atoms with Gasteiger partial charge in [-0.15, -0.1) is 0 Å². The van der Waals surface area contributed by atoms with Gasteiger partial charge >= 0.3 is 0 Å². The Balaban J connectivity index is 1.56. The van der Waals surface area contributed by atoms with Crippen molar-refractivity contribution in [3.05, 3.63) is 94.0 Å². The minimum absolute atomic E-state index is 0.116. The topological polar surface area (TPSA) is 178 Å². The van der Waals surface area contributed by atoms with Crippen LogP contribution >= 0.6 is 0 Å². The Kier molecular flexibility index (Phi) is 10.6. The zero-order valence-electron chi connectivity index (χ0n) is 21.0. The maximum atomic E-state index is 12.9. The summed E-state index contributed by atoms with van der Waals surface area (Å²) >= 11 is 0. The third-order valence-corrected chi connectivity index (χ3v) is 5.94. The van der Waals surface area contributed by atoms with E-state index in [1.54, 1.807) is 0 Å². The second kappa shape index (κ2) is 14.3. The van der Waals surface area contributed by atoms with Gasteiger partial charge in [0.15, 0.2) is 0 Å². The van der Waals surface area contributed by atoms with Gasteiger partial charge in [-0.1, -0.05) is 72.8 Å². The van der Waals surface area contributed by atoms with Gasteiger partial charge in [-0.3, -0.25) is 30.6 Å². The van der Waals surface area contributed by atoms with E-state index >= 15 is 0 Å². The molecule has 0 radical (unpaired) electrons. The van der Waals surface area contributed by atoms with Gasteiger partial charge in [-0.05, 0) is 41.2 Å². The Labute approximate surface area is 220 Å². The van der Waals surface area contributed by atoms with Gasteiger partial charge in [0, 0.05) is 17.9 Å². The summed E-state index contributed by atoms with van der Waals surface area (Å²) in [6.45, 7) is 0.0558. The molecule has 0 aliphatic carbocycles. The third-order valence-electron chi connectivity index (χ3n) is 5.94. The van der Waals surface area contributed by atoms with Crippen LogP contribution < -0.4 is 27.6 Å². The number of carbonyl (C=O) groups excluding carboxylic acids is 2. The van der Waals surface area contributed by atoms with Crippen LogP contribution in [0.1, 0.15) is 24.0 Å². The number of hydrazine groups is 1. The number of carbonyl (C=O) groups is 2. The molecule has 11 heteroatoms. The third kappa shape index (κ3) is 8.86. The lowest BCUT2D eigenvalue weighted by Crippen LogP contribution is -2.52. The lowest BCUT2D eigenvalue weighted by Gasteiger charge is -2.16. The Bertz CT molecular complexity index is 1260. The Hall–Kier alpha value is -4.51. The van der Waals surface area contributed by atoms with E-state index < -0.39 is 28.8 Å². The molecule has 0 saturated heterocycles. The van der Waals surface area contributed by atoms with Crippen LogP contribution in [0.25, 0.3) is 10.8 Å². The molecule has 200 valence electrons. The maximum Gasteiger partial charge on any atom is 0.255 e. The van der Waals surface area contributed by atoms with Gasteiger partial charge in [0.2, 0.25) is 18.4 Å². The van der Waals surface area contributed by atoms with E-state index in [0.29, 0.717) is 19.4 Å². The van der Waals surface area contributed by atoms with Gasteiger partial charge in [-0.25, -0.2) is 4.99 Å². The molecule has 0 unspecified atom stereocenters. The van der Waals surface area contributed by atoms with Crippen molar-refractivity contribution < 1.29 is 14.5 Å². The first-order valence-electron chi connectivity index (χ1n) is 12.4. The average Bonchev–Trinajstić information content (AvgIpc) is 2.91. The summed E-state index contributed by atoms with van der Waals surface area (Å²) in [5, 5.41) is 15.8. The molecule has 0 spiro atoms. The van der Waals surface area contributed by atoms with E-state index in [-0.39, 0.29) is 25.3 Å². The molecular weight excluding hydrogens is 486 g/mol. The number of nitrogens with zero attached hydrogens (tertiary/aromatic N) is 2. The molecule has 0 heterocycles. The van der Waals surface area contributed by atoms with Crippen LogP contribution in [-0.4, -0.2) is 47.9 Å². The van der Waals surface area contributed by atoms with Crippen molar-refractivity contribution in [1.82, 2.24) is 16.2 Å². The number of hydrogen-bond acceptors (Lipinski definition) is 6. The highest BCUT2D eigenvalue weighted by Gasteiger charge is 2.20. The minimum atomic E-state index is -0.968. The first-order valence-corrected chi connectivity index (χ1v) is 12.4. The van der Waals surface area contributed by atoms with Crippen molar-refractivity contribution in [3.8, 4) is 0 Å². The van der Waals surface area contributed by atoms with Crippen LogP contribution in [0.4, 0.5) is 0 Å². The molecule has 38 heavy (non-hydrogen) atoms.